The zero-order chi connectivity index (χ0) is 17.3. The van der Waals surface area contributed by atoms with Crippen molar-refractivity contribution in [1.82, 2.24) is 9.88 Å². The zero-order valence-corrected chi connectivity index (χ0v) is 14.0. The lowest BCUT2D eigenvalue weighted by Crippen LogP contribution is -2.52. The molecule has 1 aliphatic heterocycles. The van der Waals surface area contributed by atoms with Crippen LogP contribution in [0.15, 0.2) is 24.4 Å². The zero-order valence-electron chi connectivity index (χ0n) is 13.2. The lowest BCUT2D eigenvalue weighted by atomic mass is 9.89. The van der Waals surface area contributed by atoms with Gasteiger partial charge in [0.15, 0.2) is 0 Å². The highest BCUT2D eigenvalue weighted by molar-refractivity contribution is 6.35. The summed E-state index contributed by atoms with van der Waals surface area (Å²) in [5.74, 6) is -0.659. The summed E-state index contributed by atoms with van der Waals surface area (Å²) >= 11 is 6.24. The van der Waals surface area contributed by atoms with Gasteiger partial charge in [0.2, 0.25) is 11.8 Å². The molecule has 1 unspecified atom stereocenters. The Bertz CT molecular complexity index is 788. The van der Waals surface area contributed by atoms with E-state index < -0.39 is 11.5 Å². The van der Waals surface area contributed by atoms with Crippen molar-refractivity contribution in [2.24, 2.45) is 5.73 Å². The predicted molar refractivity (Wildman–Crippen MR) is 91.6 cm³/mol. The van der Waals surface area contributed by atoms with Gasteiger partial charge in [-0.25, -0.2) is 0 Å². The maximum Gasteiger partial charge on any atom is 0.227 e. The summed E-state index contributed by atoms with van der Waals surface area (Å²) < 4.78 is 0. The molecule has 4 N–H and O–H groups in total. The number of nitrogens with one attached hydrogen (secondary N) is 1. The van der Waals surface area contributed by atoms with Gasteiger partial charge >= 0.3 is 0 Å². The largest absolute Gasteiger partial charge is 0.388 e. The third-order valence-corrected chi connectivity index (χ3v) is 4.80. The van der Waals surface area contributed by atoms with E-state index in [4.69, 9.17) is 17.3 Å². The van der Waals surface area contributed by atoms with Crippen LogP contribution in [0.3, 0.4) is 0 Å². The fraction of sp³-hybridized carbons (Fsp3) is 0.412. The van der Waals surface area contributed by atoms with Crippen LogP contribution >= 0.6 is 11.6 Å². The molecule has 3 rings (SSSR count). The maximum absolute atomic E-state index is 12.6. The molecule has 0 spiro atoms. The molecule has 2 heterocycles. The van der Waals surface area contributed by atoms with Crippen LogP contribution in [0.25, 0.3) is 10.9 Å². The Hall–Kier alpha value is -2.05. The van der Waals surface area contributed by atoms with Crippen LogP contribution in [0.2, 0.25) is 5.02 Å². The van der Waals surface area contributed by atoms with Crippen molar-refractivity contribution >= 4 is 34.3 Å². The number of hydrogen-bond donors (Lipinski definition) is 3. The molecule has 0 aliphatic carbocycles. The van der Waals surface area contributed by atoms with Crippen molar-refractivity contribution in [3.63, 3.8) is 0 Å². The van der Waals surface area contributed by atoms with Crippen LogP contribution in [0, 0.1) is 0 Å². The third-order valence-electron chi connectivity index (χ3n) is 4.49. The van der Waals surface area contributed by atoms with E-state index in [-0.39, 0.29) is 25.3 Å². The summed E-state index contributed by atoms with van der Waals surface area (Å²) in [5.41, 5.74) is 5.68. The molecule has 2 aromatic rings. The summed E-state index contributed by atoms with van der Waals surface area (Å²) in [7, 11) is 0. The van der Waals surface area contributed by atoms with Gasteiger partial charge in [-0.3, -0.25) is 9.59 Å². The van der Waals surface area contributed by atoms with Gasteiger partial charge in [-0.1, -0.05) is 17.7 Å². The van der Waals surface area contributed by atoms with E-state index in [1.165, 1.54) is 0 Å². The Labute approximate surface area is 144 Å². The minimum Gasteiger partial charge on any atom is -0.388 e. The third kappa shape index (κ3) is 3.39. The van der Waals surface area contributed by atoms with Gasteiger partial charge in [-0.05, 0) is 30.5 Å². The number of aromatic nitrogens is 1. The Morgan fingerprint density at radius 2 is 2.21 bits per heavy atom. The van der Waals surface area contributed by atoms with Crippen LogP contribution in [0.4, 0.5) is 0 Å². The molecule has 24 heavy (non-hydrogen) atoms. The molecule has 1 saturated heterocycles. The predicted octanol–water partition coefficient (Wildman–Crippen LogP) is 1.59. The number of rotatable bonds is 4. The van der Waals surface area contributed by atoms with Crippen molar-refractivity contribution in [3.05, 3.63) is 35.0 Å². The number of likely N-dealkylation sites (tertiary alicyclic amines) is 1. The highest BCUT2D eigenvalue weighted by Gasteiger charge is 2.36. The summed E-state index contributed by atoms with van der Waals surface area (Å²) in [6.07, 6.45) is 2.96. The molecular weight excluding hydrogens is 330 g/mol. The molecule has 7 heteroatoms. The van der Waals surface area contributed by atoms with Crippen molar-refractivity contribution in [2.45, 2.75) is 31.3 Å². The number of hydrogen-bond acceptors (Lipinski definition) is 3. The van der Waals surface area contributed by atoms with Gasteiger partial charge in [0.1, 0.15) is 0 Å². The summed E-state index contributed by atoms with van der Waals surface area (Å²) in [4.78, 5) is 28.5. The first-order valence-corrected chi connectivity index (χ1v) is 8.29. The first-order valence-electron chi connectivity index (χ1n) is 7.91. The number of β-amino-alcohol motifs (C(OH)–C–C–N with tert-alkyl or cyclic N) is 1. The second-order valence-electron chi connectivity index (χ2n) is 6.44. The van der Waals surface area contributed by atoms with Crippen LogP contribution in [0.5, 0.6) is 0 Å². The van der Waals surface area contributed by atoms with Crippen LogP contribution in [-0.4, -0.2) is 45.5 Å². The normalized spacial score (nSPS) is 21.2. The fourth-order valence-corrected chi connectivity index (χ4v) is 3.71. The van der Waals surface area contributed by atoms with Gasteiger partial charge < -0.3 is 20.7 Å². The maximum atomic E-state index is 12.6. The number of aliphatic hydroxyl groups is 1. The quantitative estimate of drug-likeness (QED) is 0.781. The Balaban J connectivity index is 1.75. The smallest absolute Gasteiger partial charge is 0.227 e. The Kier molecular flexibility index (Phi) is 4.51. The number of piperidine rings is 1. The first kappa shape index (κ1) is 16.8. The van der Waals surface area contributed by atoms with Crippen molar-refractivity contribution < 1.29 is 14.7 Å². The van der Waals surface area contributed by atoms with E-state index >= 15 is 0 Å². The number of aromatic amines is 1. The second kappa shape index (κ2) is 6.45. The SMILES string of the molecule is NC(=O)CC1(O)CCCN(C(=O)Cc2c[nH]c3cccc(Cl)c23)C1. The number of fused-ring (bicyclic) bond motifs is 1. The average molecular weight is 350 g/mol. The van der Waals surface area contributed by atoms with Gasteiger partial charge in [-0.15, -0.1) is 0 Å². The minimum atomic E-state index is -1.22. The number of nitrogens with two attached hydrogens (primary N) is 1. The van der Waals surface area contributed by atoms with E-state index in [2.05, 4.69) is 4.98 Å². The number of amides is 2. The highest BCUT2D eigenvalue weighted by Crippen LogP contribution is 2.28. The molecule has 1 aliphatic rings. The molecule has 128 valence electrons. The number of benzene rings is 1. The summed E-state index contributed by atoms with van der Waals surface area (Å²) in [6.45, 7) is 0.695. The van der Waals surface area contributed by atoms with Crippen LogP contribution in [-0.2, 0) is 16.0 Å². The molecule has 2 amide bonds. The highest BCUT2D eigenvalue weighted by atomic mass is 35.5. The van der Waals surface area contributed by atoms with E-state index in [0.29, 0.717) is 24.4 Å². The lowest BCUT2D eigenvalue weighted by Gasteiger charge is -2.38. The Morgan fingerprint density at radius 1 is 1.42 bits per heavy atom. The standard InChI is InChI=1S/C17H20ClN3O3/c18-12-3-1-4-13-16(12)11(9-20-13)7-15(23)21-6-2-5-17(24,10-21)8-14(19)22/h1,3-4,9,20,24H,2,5-8,10H2,(H2,19,22). The molecule has 6 nitrogen and oxygen atoms in total. The van der Waals surface area contributed by atoms with Gasteiger partial charge in [0, 0.05) is 30.2 Å². The summed E-state index contributed by atoms with van der Waals surface area (Å²) in [6, 6.07) is 5.54. The molecule has 1 aromatic carbocycles. The Morgan fingerprint density at radius 3 is 2.96 bits per heavy atom. The number of primary amides is 1. The van der Waals surface area contributed by atoms with Crippen LogP contribution in [0.1, 0.15) is 24.8 Å². The number of carbonyl (C=O) groups is 2. The number of carbonyl (C=O) groups excluding carboxylic acids is 2. The van der Waals surface area contributed by atoms with Crippen LogP contribution < -0.4 is 5.73 Å². The molecule has 0 radical (unpaired) electrons. The molecule has 1 fully saturated rings. The average Bonchev–Trinajstić information content (AvgIpc) is 2.90. The van der Waals surface area contributed by atoms with Crippen molar-refractivity contribution in [3.8, 4) is 0 Å². The number of nitrogens with zero attached hydrogens (tertiary/aromatic N) is 1. The fourth-order valence-electron chi connectivity index (χ4n) is 3.42. The van der Waals surface area contributed by atoms with Gasteiger partial charge in [0.05, 0.1) is 23.5 Å². The molecule has 0 bridgehead atoms. The summed E-state index contributed by atoms with van der Waals surface area (Å²) in [5, 5.41) is 11.9. The van der Waals surface area contributed by atoms with E-state index in [0.717, 1.165) is 16.5 Å². The molecule has 0 saturated carbocycles. The minimum absolute atomic E-state index is 0.0987. The molecule has 1 atom stereocenters. The number of H-pyrrole nitrogens is 1. The lowest BCUT2D eigenvalue weighted by molar-refractivity contribution is -0.141. The molecular formula is C17H20ClN3O3. The van der Waals surface area contributed by atoms with Crippen molar-refractivity contribution in [2.75, 3.05) is 13.1 Å². The topological polar surface area (TPSA) is 99.4 Å². The van der Waals surface area contributed by atoms with E-state index in [1.807, 2.05) is 12.1 Å². The van der Waals surface area contributed by atoms with Gasteiger partial charge in [-0.2, -0.15) is 0 Å². The number of halogens is 1. The van der Waals surface area contributed by atoms with E-state index in [1.54, 1.807) is 17.2 Å². The molecule has 1 aromatic heterocycles. The van der Waals surface area contributed by atoms with Gasteiger partial charge in [0.25, 0.3) is 0 Å². The monoisotopic (exact) mass is 349 g/mol. The van der Waals surface area contributed by atoms with E-state index in [9.17, 15) is 14.7 Å². The first-order chi connectivity index (χ1) is 11.4. The second-order valence-corrected chi connectivity index (χ2v) is 6.85. The van der Waals surface area contributed by atoms with Crippen molar-refractivity contribution in [1.29, 1.82) is 0 Å².